The lowest BCUT2D eigenvalue weighted by Crippen LogP contribution is -2.20. The van der Waals surface area contributed by atoms with Crippen molar-refractivity contribution in [2.45, 2.75) is 45.6 Å². The van der Waals surface area contributed by atoms with Gasteiger partial charge in [0.25, 0.3) is 0 Å². The first-order chi connectivity index (χ1) is 7.58. The summed E-state index contributed by atoms with van der Waals surface area (Å²) in [6.07, 6.45) is 6.43. The Kier molecular flexibility index (Phi) is 4.94. The molecule has 3 unspecified atom stereocenters. The molecule has 0 aliphatic heterocycles. The van der Waals surface area contributed by atoms with Crippen LogP contribution in [-0.2, 0) is 4.79 Å². The lowest BCUT2D eigenvalue weighted by molar-refractivity contribution is -0.110. The summed E-state index contributed by atoms with van der Waals surface area (Å²) in [5, 5.41) is 9.73. The molecule has 0 spiro atoms. The van der Waals surface area contributed by atoms with E-state index in [0.717, 1.165) is 43.1 Å². The van der Waals surface area contributed by atoms with Crippen molar-refractivity contribution < 1.29 is 9.90 Å². The van der Waals surface area contributed by atoms with Crippen LogP contribution >= 0.6 is 0 Å². The van der Waals surface area contributed by atoms with Crippen LogP contribution in [0.25, 0.3) is 0 Å². The van der Waals surface area contributed by atoms with Crippen LogP contribution in [0.3, 0.4) is 0 Å². The van der Waals surface area contributed by atoms with E-state index in [9.17, 15) is 9.90 Å². The molecule has 2 heteroatoms. The molecular formula is C14H22O2. The Labute approximate surface area is 98.1 Å². The highest BCUT2D eigenvalue weighted by Crippen LogP contribution is 2.30. The van der Waals surface area contributed by atoms with Crippen LogP contribution in [0.1, 0.15) is 39.5 Å². The van der Waals surface area contributed by atoms with E-state index in [1.807, 2.05) is 6.92 Å². The second-order valence-corrected chi connectivity index (χ2v) is 4.77. The number of allylic oxidation sites excluding steroid dienone is 2. The summed E-state index contributed by atoms with van der Waals surface area (Å²) in [5.41, 5.74) is 2.06. The molecule has 1 N–H and O–H groups in total. The first-order valence-corrected chi connectivity index (χ1v) is 6.07. The summed E-state index contributed by atoms with van der Waals surface area (Å²) in [5.74, 6) is 0.389. The van der Waals surface area contributed by atoms with E-state index in [1.165, 1.54) is 0 Å². The van der Waals surface area contributed by atoms with E-state index < -0.39 is 0 Å². The number of aliphatic hydroxyl groups excluding tert-OH is 1. The largest absolute Gasteiger partial charge is 0.389 e. The molecule has 3 atom stereocenters. The molecule has 0 saturated carbocycles. The molecule has 0 bridgehead atoms. The molecule has 1 aliphatic carbocycles. The Morgan fingerprint density at radius 2 is 2.38 bits per heavy atom. The van der Waals surface area contributed by atoms with Gasteiger partial charge in [-0.05, 0) is 44.1 Å². The zero-order chi connectivity index (χ0) is 12.1. The molecule has 90 valence electrons. The van der Waals surface area contributed by atoms with Gasteiger partial charge >= 0.3 is 0 Å². The smallest absolute Gasteiger partial charge is 0.127 e. The SMILES string of the molecule is C=C(C)C(C=O)CC1C=C(CC)C(O)CC1. The summed E-state index contributed by atoms with van der Waals surface area (Å²) in [6, 6.07) is 0. The summed E-state index contributed by atoms with van der Waals surface area (Å²) in [7, 11) is 0. The summed E-state index contributed by atoms with van der Waals surface area (Å²) >= 11 is 0. The van der Waals surface area contributed by atoms with E-state index >= 15 is 0 Å². The molecule has 2 nitrogen and oxygen atoms in total. The van der Waals surface area contributed by atoms with Crippen LogP contribution in [0.15, 0.2) is 23.8 Å². The minimum Gasteiger partial charge on any atom is -0.389 e. The third-order valence-electron chi connectivity index (χ3n) is 3.45. The van der Waals surface area contributed by atoms with Gasteiger partial charge in [-0.3, -0.25) is 0 Å². The minimum atomic E-state index is -0.263. The van der Waals surface area contributed by atoms with Crippen LogP contribution in [0.2, 0.25) is 0 Å². The van der Waals surface area contributed by atoms with Gasteiger partial charge in [-0.2, -0.15) is 0 Å². The minimum absolute atomic E-state index is 0.0328. The highest BCUT2D eigenvalue weighted by molar-refractivity contribution is 5.58. The highest BCUT2D eigenvalue weighted by atomic mass is 16.3. The van der Waals surface area contributed by atoms with Gasteiger partial charge in [-0.15, -0.1) is 0 Å². The van der Waals surface area contributed by atoms with Crippen molar-refractivity contribution in [2.75, 3.05) is 0 Å². The van der Waals surface area contributed by atoms with E-state index in [0.29, 0.717) is 5.92 Å². The van der Waals surface area contributed by atoms with Gasteiger partial charge in [0.1, 0.15) is 6.29 Å². The zero-order valence-corrected chi connectivity index (χ0v) is 10.3. The number of carbonyl (C=O) groups excluding carboxylic acids is 1. The van der Waals surface area contributed by atoms with Crippen LogP contribution < -0.4 is 0 Å². The van der Waals surface area contributed by atoms with Gasteiger partial charge in [0.2, 0.25) is 0 Å². The van der Waals surface area contributed by atoms with Crippen molar-refractivity contribution in [1.82, 2.24) is 0 Å². The maximum Gasteiger partial charge on any atom is 0.127 e. The summed E-state index contributed by atoms with van der Waals surface area (Å²) in [6.45, 7) is 7.81. The van der Waals surface area contributed by atoms with Crippen molar-refractivity contribution in [3.05, 3.63) is 23.8 Å². The average Bonchev–Trinajstić information content (AvgIpc) is 2.27. The molecule has 0 aromatic heterocycles. The van der Waals surface area contributed by atoms with Gasteiger partial charge in [0.05, 0.1) is 6.10 Å². The lowest BCUT2D eigenvalue weighted by atomic mass is 9.81. The molecule has 0 heterocycles. The fourth-order valence-corrected chi connectivity index (χ4v) is 2.29. The normalized spacial score (nSPS) is 27.1. The molecule has 0 fully saturated rings. The number of hydrogen-bond donors (Lipinski definition) is 1. The number of aliphatic hydroxyl groups is 1. The topological polar surface area (TPSA) is 37.3 Å². The van der Waals surface area contributed by atoms with E-state index in [-0.39, 0.29) is 12.0 Å². The monoisotopic (exact) mass is 222 g/mol. The first kappa shape index (κ1) is 13.2. The standard InChI is InChI=1S/C14H22O2/c1-4-12-7-11(5-6-14(12)16)8-13(9-15)10(2)3/h7,9,11,13-14,16H,2,4-6,8H2,1,3H3. The number of aldehydes is 1. The Balaban J connectivity index is 2.65. The predicted octanol–water partition coefficient (Wildman–Crippen LogP) is 2.88. The molecule has 16 heavy (non-hydrogen) atoms. The van der Waals surface area contributed by atoms with Gasteiger partial charge in [0, 0.05) is 5.92 Å². The molecule has 0 aromatic rings. The number of hydrogen-bond acceptors (Lipinski definition) is 2. The van der Waals surface area contributed by atoms with Gasteiger partial charge < -0.3 is 9.90 Å². The van der Waals surface area contributed by atoms with Crippen molar-refractivity contribution in [1.29, 1.82) is 0 Å². The zero-order valence-electron chi connectivity index (χ0n) is 10.3. The Bertz CT molecular complexity index is 291. The van der Waals surface area contributed by atoms with Gasteiger partial charge in [0.15, 0.2) is 0 Å². The van der Waals surface area contributed by atoms with Crippen molar-refractivity contribution in [3.8, 4) is 0 Å². The number of carbonyl (C=O) groups is 1. The Morgan fingerprint density at radius 3 is 2.88 bits per heavy atom. The fourth-order valence-electron chi connectivity index (χ4n) is 2.29. The van der Waals surface area contributed by atoms with E-state index in [2.05, 4.69) is 19.6 Å². The van der Waals surface area contributed by atoms with E-state index in [1.54, 1.807) is 0 Å². The molecular weight excluding hydrogens is 200 g/mol. The Morgan fingerprint density at radius 1 is 1.69 bits per heavy atom. The maximum atomic E-state index is 10.9. The van der Waals surface area contributed by atoms with Gasteiger partial charge in [-0.1, -0.05) is 25.2 Å². The maximum absolute atomic E-state index is 10.9. The third kappa shape index (κ3) is 3.31. The highest BCUT2D eigenvalue weighted by Gasteiger charge is 2.22. The molecule has 0 saturated heterocycles. The summed E-state index contributed by atoms with van der Waals surface area (Å²) < 4.78 is 0. The molecule has 1 rings (SSSR count). The summed E-state index contributed by atoms with van der Waals surface area (Å²) in [4.78, 5) is 10.9. The Hall–Kier alpha value is -0.890. The lowest BCUT2D eigenvalue weighted by Gasteiger charge is -2.26. The number of rotatable bonds is 5. The van der Waals surface area contributed by atoms with Gasteiger partial charge in [-0.25, -0.2) is 0 Å². The van der Waals surface area contributed by atoms with Crippen LogP contribution in [0.5, 0.6) is 0 Å². The van der Waals surface area contributed by atoms with E-state index in [4.69, 9.17) is 0 Å². The van der Waals surface area contributed by atoms with Crippen LogP contribution in [-0.4, -0.2) is 17.5 Å². The van der Waals surface area contributed by atoms with Crippen LogP contribution in [0, 0.1) is 11.8 Å². The molecule has 1 aliphatic rings. The van der Waals surface area contributed by atoms with Crippen LogP contribution in [0.4, 0.5) is 0 Å². The quantitative estimate of drug-likeness (QED) is 0.573. The molecule has 0 amide bonds. The second kappa shape index (κ2) is 6.00. The second-order valence-electron chi connectivity index (χ2n) is 4.77. The van der Waals surface area contributed by atoms with Crippen molar-refractivity contribution >= 4 is 6.29 Å². The molecule has 0 radical (unpaired) electrons. The van der Waals surface area contributed by atoms with Crippen molar-refractivity contribution in [2.24, 2.45) is 11.8 Å². The molecule has 0 aromatic carbocycles. The van der Waals surface area contributed by atoms with Crippen molar-refractivity contribution in [3.63, 3.8) is 0 Å². The fraction of sp³-hybridized carbons (Fsp3) is 0.643. The third-order valence-corrected chi connectivity index (χ3v) is 3.45. The average molecular weight is 222 g/mol. The first-order valence-electron chi connectivity index (χ1n) is 6.07. The predicted molar refractivity (Wildman–Crippen MR) is 66.1 cm³/mol.